The molecule has 0 aromatic heterocycles. The quantitative estimate of drug-likeness (QED) is 0.795. The van der Waals surface area contributed by atoms with E-state index in [1.165, 1.54) is 6.07 Å². The van der Waals surface area contributed by atoms with E-state index in [2.05, 4.69) is 0 Å². The van der Waals surface area contributed by atoms with Gasteiger partial charge in [-0.2, -0.15) is 15.8 Å². The molecule has 6 nitrogen and oxygen atoms in total. The second kappa shape index (κ2) is 5.74. The van der Waals surface area contributed by atoms with Crippen LogP contribution in [0.1, 0.15) is 37.9 Å². The van der Waals surface area contributed by atoms with Crippen molar-refractivity contribution in [2.24, 2.45) is 22.7 Å². The van der Waals surface area contributed by atoms with Crippen molar-refractivity contribution in [2.45, 2.75) is 38.1 Å². The Balaban J connectivity index is 1.99. The van der Waals surface area contributed by atoms with Crippen molar-refractivity contribution < 1.29 is 18.3 Å². The molecule has 5 unspecified atom stereocenters. The highest BCUT2D eigenvalue weighted by molar-refractivity contribution is 5.89. The summed E-state index contributed by atoms with van der Waals surface area (Å²) in [5.41, 5.74) is -3.96. The van der Waals surface area contributed by atoms with Gasteiger partial charge in [-0.3, -0.25) is 5.41 Å². The standard InChI is InChI=1S/C20H16F2N4O2/c1-11-4-5-20-15(6-11)19(10-25,17(26)28-20)18(8-23,9-24)16(27-20)12-2-3-13(21)14(22)7-12/h2-3,7,11,15-16,26H,4-6H2,1H3. The molecule has 8 heteroatoms. The molecule has 1 aromatic rings. The van der Waals surface area contributed by atoms with Gasteiger partial charge in [0.05, 0.1) is 24.1 Å². The van der Waals surface area contributed by atoms with Crippen molar-refractivity contribution >= 4 is 5.90 Å². The Morgan fingerprint density at radius 1 is 1.14 bits per heavy atom. The second-order valence-electron chi connectivity index (χ2n) is 7.80. The molecule has 28 heavy (non-hydrogen) atoms. The van der Waals surface area contributed by atoms with Gasteiger partial charge in [0.1, 0.15) is 6.10 Å². The highest BCUT2D eigenvalue weighted by Gasteiger charge is 2.80. The summed E-state index contributed by atoms with van der Waals surface area (Å²) >= 11 is 0. The largest absolute Gasteiger partial charge is 0.447 e. The van der Waals surface area contributed by atoms with E-state index in [4.69, 9.17) is 14.9 Å². The van der Waals surface area contributed by atoms with Gasteiger partial charge in [0, 0.05) is 6.42 Å². The van der Waals surface area contributed by atoms with E-state index in [1.54, 1.807) is 0 Å². The summed E-state index contributed by atoms with van der Waals surface area (Å²) in [7, 11) is 0. The third kappa shape index (κ3) is 1.92. The normalized spacial score (nSPS) is 37.7. The Kier molecular flexibility index (Phi) is 3.76. The predicted octanol–water partition coefficient (Wildman–Crippen LogP) is 3.72. The van der Waals surface area contributed by atoms with Crippen LogP contribution in [0.4, 0.5) is 8.78 Å². The zero-order valence-electron chi connectivity index (χ0n) is 15.0. The molecule has 0 amide bonds. The van der Waals surface area contributed by atoms with Gasteiger partial charge >= 0.3 is 0 Å². The zero-order valence-corrected chi connectivity index (χ0v) is 15.0. The molecule has 2 bridgehead atoms. The van der Waals surface area contributed by atoms with Crippen LogP contribution in [-0.4, -0.2) is 11.7 Å². The smallest absolute Gasteiger partial charge is 0.217 e. The second-order valence-corrected chi connectivity index (χ2v) is 7.80. The summed E-state index contributed by atoms with van der Waals surface area (Å²) in [6.07, 6.45) is 0.162. The summed E-state index contributed by atoms with van der Waals surface area (Å²) in [6, 6.07) is 8.81. The molecule has 5 atom stereocenters. The van der Waals surface area contributed by atoms with Gasteiger partial charge in [0.15, 0.2) is 17.0 Å². The van der Waals surface area contributed by atoms with Crippen LogP contribution in [0.5, 0.6) is 0 Å². The monoisotopic (exact) mass is 382 g/mol. The van der Waals surface area contributed by atoms with E-state index in [9.17, 15) is 24.6 Å². The fourth-order valence-electron chi connectivity index (χ4n) is 5.00. The minimum Gasteiger partial charge on any atom is -0.447 e. The molecule has 2 saturated heterocycles. The van der Waals surface area contributed by atoms with E-state index in [-0.39, 0.29) is 11.5 Å². The number of rotatable bonds is 1. The molecule has 2 heterocycles. The number of benzene rings is 1. The van der Waals surface area contributed by atoms with Gasteiger partial charge in [-0.15, -0.1) is 0 Å². The van der Waals surface area contributed by atoms with Crippen LogP contribution < -0.4 is 0 Å². The maximum absolute atomic E-state index is 13.9. The Bertz CT molecular complexity index is 993. The average molecular weight is 382 g/mol. The lowest BCUT2D eigenvalue weighted by atomic mass is 9.50. The third-order valence-electron chi connectivity index (χ3n) is 6.42. The van der Waals surface area contributed by atoms with Gasteiger partial charge in [0.2, 0.25) is 17.1 Å². The van der Waals surface area contributed by atoms with Gasteiger partial charge in [-0.05, 0) is 36.5 Å². The summed E-state index contributed by atoms with van der Waals surface area (Å²) in [5, 5.41) is 38.7. The van der Waals surface area contributed by atoms with E-state index in [0.717, 1.165) is 12.1 Å². The molecular weight excluding hydrogens is 366 g/mol. The molecule has 0 radical (unpaired) electrons. The van der Waals surface area contributed by atoms with Gasteiger partial charge in [-0.25, -0.2) is 8.78 Å². The molecule has 3 aliphatic rings. The van der Waals surface area contributed by atoms with Crippen LogP contribution in [0, 0.1) is 73.7 Å². The van der Waals surface area contributed by atoms with Crippen molar-refractivity contribution in [1.82, 2.24) is 0 Å². The van der Waals surface area contributed by atoms with Gasteiger partial charge < -0.3 is 9.47 Å². The summed E-state index contributed by atoms with van der Waals surface area (Å²) in [4.78, 5) is 0. The Labute approximate surface area is 160 Å². The molecule has 1 N–H and O–H groups in total. The van der Waals surface area contributed by atoms with Crippen LogP contribution in [0.3, 0.4) is 0 Å². The Morgan fingerprint density at radius 3 is 2.46 bits per heavy atom. The van der Waals surface area contributed by atoms with Gasteiger partial charge in [0.25, 0.3) is 0 Å². The van der Waals surface area contributed by atoms with Crippen LogP contribution in [0.15, 0.2) is 18.2 Å². The van der Waals surface area contributed by atoms with Crippen molar-refractivity contribution in [3.63, 3.8) is 0 Å². The first-order valence-electron chi connectivity index (χ1n) is 8.95. The summed E-state index contributed by atoms with van der Waals surface area (Å²) in [5.74, 6) is -4.53. The number of hydrogen-bond donors (Lipinski definition) is 1. The van der Waals surface area contributed by atoms with Crippen LogP contribution in [0.2, 0.25) is 0 Å². The Morgan fingerprint density at radius 2 is 1.86 bits per heavy atom. The molecule has 1 aliphatic carbocycles. The fourth-order valence-corrected chi connectivity index (χ4v) is 5.00. The minimum absolute atomic E-state index is 0.0522. The number of ether oxygens (including phenoxy) is 2. The average Bonchev–Trinajstić information content (AvgIpc) is 2.88. The molecule has 3 fully saturated rings. The van der Waals surface area contributed by atoms with E-state index >= 15 is 0 Å². The highest BCUT2D eigenvalue weighted by Crippen LogP contribution is 2.69. The van der Waals surface area contributed by atoms with Crippen molar-refractivity contribution in [2.75, 3.05) is 0 Å². The van der Waals surface area contributed by atoms with E-state index < -0.39 is 46.2 Å². The summed E-state index contributed by atoms with van der Waals surface area (Å²) < 4.78 is 39.2. The first kappa shape index (κ1) is 18.3. The fraction of sp³-hybridized carbons (Fsp3) is 0.500. The van der Waals surface area contributed by atoms with Crippen molar-refractivity contribution in [3.8, 4) is 18.2 Å². The van der Waals surface area contributed by atoms with E-state index in [0.29, 0.717) is 19.3 Å². The summed E-state index contributed by atoms with van der Waals surface area (Å²) in [6.45, 7) is 1.99. The number of halogens is 2. The van der Waals surface area contributed by atoms with Crippen LogP contribution in [-0.2, 0) is 9.47 Å². The molecule has 2 aliphatic heterocycles. The molecule has 142 valence electrons. The van der Waals surface area contributed by atoms with Crippen molar-refractivity contribution in [1.29, 1.82) is 21.2 Å². The zero-order chi connectivity index (χ0) is 20.3. The van der Waals surface area contributed by atoms with Crippen molar-refractivity contribution in [3.05, 3.63) is 35.4 Å². The highest BCUT2D eigenvalue weighted by atomic mass is 19.2. The van der Waals surface area contributed by atoms with E-state index in [1.807, 2.05) is 25.1 Å². The molecule has 1 saturated carbocycles. The third-order valence-corrected chi connectivity index (χ3v) is 6.42. The lowest BCUT2D eigenvalue weighted by molar-refractivity contribution is -0.298. The SMILES string of the molecule is CC1CCC23OC(=N)C(C#N)(C2C1)C(C#N)(C#N)C(c1ccc(F)c(F)c1)O3. The number of nitrogens with one attached hydrogen (secondary N) is 1. The number of hydrogen-bond acceptors (Lipinski definition) is 6. The number of nitriles is 3. The first-order chi connectivity index (χ1) is 13.3. The lowest BCUT2D eigenvalue weighted by Gasteiger charge is -2.52. The molecule has 4 rings (SSSR count). The molecular formula is C20H16F2N4O2. The lowest BCUT2D eigenvalue weighted by Crippen LogP contribution is -2.61. The minimum atomic E-state index is -2.15. The molecule has 0 spiro atoms. The predicted molar refractivity (Wildman–Crippen MR) is 89.9 cm³/mol. The number of nitrogens with zero attached hydrogens (tertiary/aromatic N) is 3. The molecule has 1 aromatic carbocycles. The first-order valence-corrected chi connectivity index (χ1v) is 8.95. The van der Waals surface area contributed by atoms with Gasteiger partial charge in [-0.1, -0.05) is 13.0 Å². The maximum Gasteiger partial charge on any atom is 0.217 e. The topological polar surface area (TPSA) is 114 Å². The Hall–Kier alpha value is -3.02. The van der Waals surface area contributed by atoms with Crippen LogP contribution >= 0.6 is 0 Å². The van der Waals surface area contributed by atoms with Crippen LogP contribution in [0.25, 0.3) is 0 Å². The maximum atomic E-state index is 13.9.